The highest BCUT2D eigenvalue weighted by atomic mass is 16.5. The van der Waals surface area contributed by atoms with Crippen molar-refractivity contribution in [2.45, 2.75) is 70.4 Å². The molecular formula is C23H38N2O3. The van der Waals surface area contributed by atoms with E-state index in [1.165, 1.54) is 25.7 Å². The average Bonchev–Trinajstić information content (AvgIpc) is 2.73. The molecule has 0 radical (unpaired) electrons. The lowest BCUT2D eigenvalue weighted by Gasteiger charge is -2.27. The van der Waals surface area contributed by atoms with Gasteiger partial charge in [-0.3, -0.25) is 9.69 Å². The van der Waals surface area contributed by atoms with Crippen LogP contribution in [0.2, 0.25) is 0 Å². The van der Waals surface area contributed by atoms with Crippen LogP contribution in [0, 0.1) is 0 Å². The highest BCUT2D eigenvalue weighted by Gasteiger charge is 2.22. The van der Waals surface area contributed by atoms with Gasteiger partial charge >= 0.3 is 0 Å². The largest absolute Gasteiger partial charge is 0.379 e. The van der Waals surface area contributed by atoms with Crippen molar-refractivity contribution in [3.05, 3.63) is 35.9 Å². The molecule has 5 nitrogen and oxygen atoms in total. The molecule has 2 N–H and O–H groups in total. The fraction of sp³-hybridized carbons (Fsp3) is 0.696. The van der Waals surface area contributed by atoms with Crippen LogP contribution in [-0.2, 0) is 9.53 Å². The number of nitrogens with one attached hydrogen (secondary N) is 1. The molecule has 0 bridgehead atoms. The van der Waals surface area contributed by atoms with Crippen molar-refractivity contribution < 1.29 is 14.6 Å². The zero-order chi connectivity index (χ0) is 20.0. The average molecular weight is 391 g/mol. The molecule has 2 rings (SSSR count). The molecule has 0 saturated carbocycles. The van der Waals surface area contributed by atoms with Crippen LogP contribution < -0.4 is 5.32 Å². The van der Waals surface area contributed by atoms with E-state index < -0.39 is 6.23 Å². The Balaban J connectivity index is 1.80. The van der Waals surface area contributed by atoms with E-state index in [0.29, 0.717) is 6.42 Å². The molecule has 5 heteroatoms. The minimum Gasteiger partial charge on any atom is -0.379 e. The first-order valence-corrected chi connectivity index (χ1v) is 11.0. The standard InChI is InChI=1S/C23H38N2O3/c1-2-3-4-5-6-10-13-21(20-11-8-7-9-12-20)23(27)24-22(26)14-15-25-16-18-28-19-17-25/h7-9,11-12,21-22,26H,2-6,10,13-19H2,1H3,(H,24,27)/t21-,22-/m1/s1. The van der Waals surface area contributed by atoms with Crippen molar-refractivity contribution >= 4 is 5.91 Å². The quantitative estimate of drug-likeness (QED) is 0.398. The Hall–Kier alpha value is -1.43. The minimum atomic E-state index is -0.800. The predicted molar refractivity (Wildman–Crippen MR) is 113 cm³/mol. The Kier molecular flexibility index (Phi) is 11.2. The van der Waals surface area contributed by atoms with Crippen molar-refractivity contribution in [1.82, 2.24) is 10.2 Å². The number of hydrogen-bond donors (Lipinski definition) is 2. The summed E-state index contributed by atoms with van der Waals surface area (Å²) < 4.78 is 5.35. The topological polar surface area (TPSA) is 61.8 Å². The third-order valence-corrected chi connectivity index (χ3v) is 5.50. The van der Waals surface area contributed by atoms with Crippen LogP contribution in [-0.4, -0.2) is 55.0 Å². The zero-order valence-corrected chi connectivity index (χ0v) is 17.4. The number of rotatable bonds is 13. The molecule has 0 aliphatic carbocycles. The number of nitrogens with zero attached hydrogens (tertiary/aromatic N) is 1. The van der Waals surface area contributed by atoms with Gasteiger partial charge in [-0.2, -0.15) is 0 Å². The molecule has 28 heavy (non-hydrogen) atoms. The second kappa shape index (κ2) is 13.7. The molecule has 1 aromatic carbocycles. The molecule has 0 unspecified atom stereocenters. The molecular weight excluding hydrogens is 352 g/mol. The Bertz CT molecular complexity index is 532. The van der Waals surface area contributed by atoms with Gasteiger partial charge < -0.3 is 15.2 Å². The Morgan fingerprint density at radius 3 is 2.46 bits per heavy atom. The third kappa shape index (κ3) is 8.72. The molecule has 2 atom stereocenters. The fourth-order valence-corrected chi connectivity index (χ4v) is 3.73. The van der Waals surface area contributed by atoms with Crippen LogP contribution >= 0.6 is 0 Å². The van der Waals surface area contributed by atoms with Gasteiger partial charge in [0.1, 0.15) is 6.23 Å². The number of ether oxygens (including phenoxy) is 1. The number of benzene rings is 1. The summed E-state index contributed by atoms with van der Waals surface area (Å²) in [6.45, 7) is 6.28. The number of morpholine rings is 1. The SMILES string of the molecule is CCCCCCCC[C@@H](C(=O)N[C@H](O)CCN1CCOCC1)c1ccccc1. The number of amides is 1. The van der Waals surface area contributed by atoms with Gasteiger partial charge in [0.2, 0.25) is 5.91 Å². The van der Waals surface area contributed by atoms with E-state index in [0.717, 1.165) is 57.7 Å². The number of aliphatic hydroxyl groups excluding tert-OH is 1. The van der Waals surface area contributed by atoms with Crippen LogP contribution in [0.4, 0.5) is 0 Å². The van der Waals surface area contributed by atoms with Crippen LogP contribution in [0.15, 0.2) is 30.3 Å². The summed E-state index contributed by atoms with van der Waals surface area (Å²) in [6, 6.07) is 9.96. The van der Waals surface area contributed by atoms with Gasteiger partial charge in [0.05, 0.1) is 19.1 Å². The van der Waals surface area contributed by atoms with Crippen molar-refractivity contribution in [2.75, 3.05) is 32.8 Å². The van der Waals surface area contributed by atoms with Gasteiger partial charge in [-0.15, -0.1) is 0 Å². The van der Waals surface area contributed by atoms with E-state index in [1.807, 2.05) is 30.3 Å². The van der Waals surface area contributed by atoms with Crippen molar-refractivity contribution in [1.29, 1.82) is 0 Å². The van der Waals surface area contributed by atoms with E-state index in [9.17, 15) is 9.90 Å². The van der Waals surface area contributed by atoms with E-state index in [-0.39, 0.29) is 11.8 Å². The molecule has 158 valence electrons. The van der Waals surface area contributed by atoms with E-state index in [1.54, 1.807) is 0 Å². The Morgan fingerprint density at radius 1 is 1.07 bits per heavy atom. The smallest absolute Gasteiger partial charge is 0.229 e. The molecule has 1 heterocycles. The van der Waals surface area contributed by atoms with Gasteiger partial charge in [0, 0.05) is 26.1 Å². The minimum absolute atomic E-state index is 0.0609. The zero-order valence-electron chi connectivity index (χ0n) is 17.4. The molecule has 0 spiro atoms. The van der Waals surface area contributed by atoms with Gasteiger partial charge in [-0.1, -0.05) is 75.8 Å². The third-order valence-electron chi connectivity index (χ3n) is 5.50. The molecule has 1 aliphatic heterocycles. The van der Waals surface area contributed by atoms with Crippen LogP contribution in [0.1, 0.15) is 69.8 Å². The molecule has 1 saturated heterocycles. The summed E-state index contributed by atoms with van der Waals surface area (Å²) in [5.41, 5.74) is 1.04. The lowest BCUT2D eigenvalue weighted by molar-refractivity contribution is -0.126. The van der Waals surface area contributed by atoms with E-state index in [4.69, 9.17) is 4.74 Å². The number of aliphatic hydroxyl groups is 1. The predicted octanol–water partition coefficient (Wildman–Crippen LogP) is 3.68. The van der Waals surface area contributed by atoms with Crippen LogP contribution in [0.25, 0.3) is 0 Å². The molecule has 1 amide bonds. The van der Waals surface area contributed by atoms with Crippen LogP contribution in [0.3, 0.4) is 0 Å². The normalized spacial score (nSPS) is 17.2. The molecule has 0 aromatic heterocycles. The van der Waals surface area contributed by atoms with Crippen molar-refractivity contribution in [3.8, 4) is 0 Å². The number of carbonyl (C=O) groups is 1. The number of hydrogen-bond acceptors (Lipinski definition) is 4. The van der Waals surface area contributed by atoms with E-state index >= 15 is 0 Å². The summed E-state index contributed by atoms with van der Waals surface area (Å²) in [5.74, 6) is -0.250. The molecule has 1 aromatic rings. The number of unbranched alkanes of at least 4 members (excludes halogenated alkanes) is 5. The van der Waals surface area contributed by atoms with Gasteiger partial charge in [-0.05, 0) is 12.0 Å². The monoisotopic (exact) mass is 390 g/mol. The second-order valence-electron chi connectivity index (χ2n) is 7.79. The molecule has 1 aliphatic rings. The summed E-state index contributed by atoms with van der Waals surface area (Å²) in [7, 11) is 0. The lowest BCUT2D eigenvalue weighted by atomic mass is 9.92. The maximum Gasteiger partial charge on any atom is 0.229 e. The summed E-state index contributed by atoms with van der Waals surface area (Å²) >= 11 is 0. The maximum absolute atomic E-state index is 12.9. The summed E-state index contributed by atoms with van der Waals surface area (Å²) in [6.07, 6.45) is 7.83. The van der Waals surface area contributed by atoms with Crippen molar-refractivity contribution in [2.24, 2.45) is 0 Å². The van der Waals surface area contributed by atoms with Crippen molar-refractivity contribution in [3.63, 3.8) is 0 Å². The second-order valence-corrected chi connectivity index (χ2v) is 7.79. The summed E-state index contributed by atoms with van der Waals surface area (Å²) in [5, 5.41) is 13.2. The first-order valence-electron chi connectivity index (χ1n) is 11.0. The Morgan fingerprint density at radius 2 is 1.75 bits per heavy atom. The van der Waals surface area contributed by atoms with Crippen LogP contribution in [0.5, 0.6) is 0 Å². The maximum atomic E-state index is 12.9. The summed E-state index contributed by atoms with van der Waals surface area (Å²) in [4.78, 5) is 15.1. The van der Waals surface area contributed by atoms with Gasteiger partial charge in [0.15, 0.2) is 0 Å². The first kappa shape index (κ1) is 22.9. The van der Waals surface area contributed by atoms with Gasteiger partial charge in [0.25, 0.3) is 0 Å². The van der Waals surface area contributed by atoms with E-state index in [2.05, 4.69) is 17.1 Å². The Labute approximate surface area is 170 Å². The fourth-order valence-electron chi connectivity index (χ4n) is 3.73. The first-order chi connectivity index (χ1) is 13.7. The lowest BCUT2D eigenvalue weighted by Crippen LogP contribution is -2.42. The molecule has 1 fully saturated rings. The highest BCUT2D eigenvalue weighted by molar-refractivity contribution is 5.83. The number of carbonyl (C=O) groups excluding carboxylic acids is 1. The van der Waals surface area contributed by atoms with Gasteiger partial charge in [-0.25, -0.2) is 0 Å². The highest BCUT2D eigenvalue weighted by Crippen LogP contribution is 2.23.